The number of pyridine rings is 2. The van der Waals surface area contributed by atoms with Gasteiger partial charge in [0.25, 0.3) is 0 Å². The SMILES string of the molecule is NCC1CN(c2ccc3c(=O)c(C(=O)O)cn(-c4nccs4)c3n2)C/C1=N/OCc1ccccc1. The second-order valence-corrected chi connectivity index (χ2v) is 8.93. The number of hydrogen-bond acceptors (Lipinski definition) is 9. The van der Waals surface area contributed by atoms with Crippen molar-refractivity contribution in [1.82, 2.24) is 14.5 Å². The second-order valence-electron chi connectivity index (χ2n) is 8.06. The number of carboxylic acid groups (broad SMARTS) is 1. The highest BCUT2D eigenvalue weighted by molar-refractivity contribution is 7.12. The van der Waals surface area contributed by atoms with Crippen LogP contribution in [-0.4, -0.2) is 51.0 Å². The summed E-state index contributed by atoms with van der Waals surface area (Å²) in [5.41, 5.74) is 7.26. The average molecular weight is 491 g/mol. The Morgan fingerprint density at radius 2 is 2.09 bits per heavy atom. The molecule has 1 unspecified atom stereocenters. The molecule has 1 saturated heterocycles. The Bertz CT molecular complexity index is 1450. The van der Waals surface area contributed by atoms with E-state index in [1.807, 2.05) is 35.2 Å². The number of carboxylic acids is 1. The first-order valence-electron chi connectivity index (χ1n) is 10.9. The number of nitrogens with two attached hydrogens (primary N) is 1. The Balaban J connectivity index is 1.47. The molecule has 11 heteroatoms. The first kappa shape index (κ1) is 22.7. The first-order chi connectivity index (χ1) is 17.0. The van der Waals surface area contributed by atoms with Gasteiger partial charge in [-0.1, -0.05) is 35.5 Å². The number of aromatic carboxylic acids is 1. The van der Waals surface area contributed by atoms with Gasteiger partial charge in [-0.25, -0.2) is 14.8 Å². The summed E-state index contributed by atoms with van der Waals surface area (Å²) in [6.07, 6.45) is 2.89. The van der Waals surface area contributed by atoms with Gasteiger partial charge >= 0.3 is 5.97 Å². The molecule has 0 bridgehead atoms. The van der Waals surface area contributed by atoms with Crippen LogP contribution in [0.4, 0.5) is 5.82 Å². The number of carbonyl (C=O) groups is 1. The standard InChI is InChI=1S/C24H22N6O4S/c25-10-16-11-29(13-19(16)28-34-14-15-4-2-1-3-5-15)20-7-6-17-21(31)18(23(32)33)12-30(22(17)27-20)24-26-8-9-35-24/h1-9,12,16H,10-11,13-14,25H2,(H,32,33)/b28-19-. The van der Waals surface area contributed by atoms with Crippen LogP contribution in [0.25, 0.3) is 16.2 Å². The molecule has 0 saturated carbocycles. The van der Waals surface area contributed by atoms with Crippen molar-refractivity contribution in [2.45, 2.75) is 6.61 Å². The third-order valence-corrected chi connectivity index (χ3v) is 6.59. The molecule has 4 aromatic rings. The summed E-state index contributed by atoms with van der Waals surface area (Å²) in [5, 5.41) is 16.4. The highest BCUT2D eigenvalue weighted by Gasteiger charge is 2.30. The highest BCUT2D eigenvalue weighted by atomic mass is 32.1. The van der Waals surface area contributed by atoms with Crippen molar-refractivity contribution in [3.63, 3.8) is 0 Å². The lowest BCUT2D eigenvalue weighted by molar-refractivity contribution is 0.0695. The summed E-state index contributed by atoms with van der Waals surface area (Å²) in [4.78, 5) is 41.0. The van der Waals surface area contributed by atoms with Crippen LogP contribution in [0, 0.1) is 5.92 Å². The number of fused-ring (bicyclic) bond motifs is 1. The van der Waals surface area contributed by atoms with E-state index in [1.165, 1.54) is 17.5 Å². The molecular formula is C24H22N6O4S. The van der Waals surface area contributed by atoms with Crippen LogP contribution in [0.3, 0.4) is 0 Å². The zero-order valence-electron chi connectivity index (χ0n) is 18.6. The topological polar surface area (TPSA) is 136 Å². The van der Waals surface area contributed by atoms with Crippen molar-refractivity contribution >= 4 is 39.9 Å². The molecule has 1 aliphatic heterocycles. The zero-order valence-corrected chi connectivity index (χ0v) is 19.4. The quantitative estimate of drug-likeness (QED) is 0.377. The first-order valence-corrected chi connectivity index (χ1v) is 11.8. The highest BCUT2D eigenvalue weighted by Crippen LogP contribution is 2.25. The third kappa shape index (κ3) is 4.51. The molecule has 0 radical (unpaired) electrons. The maximum absolute atomic E-state index is 12.8. The van der Waals surface area contributed by atoms with Crippen molar-refractivity contribution in [1.29, 1.82) is 0 Å². The number of hydrogen-bond donors (Lipinski definition) is 2. The Kier molecular flexibility index (Phi) is 6.25. The Labute approximate surface area is 203 Å². The number of anilines is 1. The fourth-order valence-corrected chi connectivity index (χ4v) is 4.63. The van der Waals surface area contributed by atoms with Crippen LogP contribution in [0.2, 0.25) is 0 Å². The van der Waals surface area contributed by atoms with E-state index in [-0.39, 0.29) is 16.9 Å². The molecule has 5 rings (SSSR count). The summed E-state index contributed by atoms with van der Waals surface area (Å²) in [5.74, 6) is -0.677. The van der Waals surface area contributed by atoms with Crippen LogP contribution in [0.5, 0.6) is 0 Å². The summed E-state index contributed by atoms with van der Waals surface area (Å²) in [7, 11) is 0. The minimum absolute atomic E-state index is 0.00110. The minimum atomic E-state index is -1.30. The van der Waals surface area contributed by atoms with Crippen molar-refractivity contribution in [2.75, 3.05) is 24.5 Å². The predicted molar refractivity (Wildman–Crippen MR) is 133 cm³/mol. The van der Waals surface area contributed by atoms with Crippen LogP contribution in [0.1, 0.15) is 15.9 Å². The van der Waals surface area contributed by atoms with Gasteiger partial charge in [-0.15, -0.1) is 11.3 Å². The number of nitrogens with zero attached hydrogens (tertiary/aromatic N) is 5. The maximum Gasteiger partial charge on any atom is 0.341 e. The van der Waals surface area contributed by atoms with E-state index in [0.717, 1.165) is 11.3 Å². The lowest BCUT2D eigenvalue weighted by Gasteiger charge is -2.18. The monoisotopic (exact) mass is 490 g/mol. The van der Waals surface area contributed by atoms with E-state index in [4.69, 9.17) is 15.6 Å². The van der Waals surface area contributed by atoms with Gasteiger partial charge < -0.3 is 20.6 Å². The van der Waals surface area contributed by atoms with Gasteiger partial charge in [0.1, 0.15) is 18.0 Å². The molecule has 0 aliphatic carbocycles. The molecular weight excluding hydrogens is 468 g/mol. The summed E-state index contributed by atoms with van der Waals surface area (Å²) < 4.78 is 1.54. The largest absolute Gasteiger partial charge is 0.477 e. The maximum atomic E-state index is 12.8. The zero-order chi connectivity index (χ0) is 24.4. The van der Waals surface area contributed by atoms with E-state index >= 15 is 0 Å². The van der Waals surface area contributed by atoms with Crippen molar-refractivity contribution in [2.24, 2.45) is 16.8 Å². The van der Waals surface area contributed by atoms with Crippen molar-refractivity contribution < 1.29 is 14.7 Å². The van der Waals surface area contributed by atoms with E-state index in [0.29, 0.717) is 42.8 Å². The van der Waals surface area contributed by atoms with Gasteiger partial charge in [0.05, 0.1) is 17.6 Å². The molecule has 0 spiro atoms. The van der Waals surface area contributed by atoms with Gasteiger partial charge in [-0.3, -0.25) is 9.36 Å². The van der Waals surface area contributed by atoms with E-state index in [1.54, 1.807) is 28.3 Å². The van der Waals surface area contributed by atoms with Gasteiger partial charge in [0.15, 0.2) is 10.8 Å². The lowest BCUT2D eigenvalue weighted by Crippen LogP contribution is -2.24. The lowest BCUT2D eigenvalue weighted by atomic mass is 10.1. The normalized spacial score (nSPS) is 16.8. The smallest absolute Gasteiger partial charge is 0.341 e. The van der Waals surface area contributed by atoms with Crippen LogP contribution < -0.4 is 16.1 Å². The van der Waals surface area contributed by atoms with E-state index in [9.17, 15) is 14.7 Å². The molecule has 4 heterocycles. The van der Waals surface area contributed by atoms with Gasteiger partial charge in [0, 0.05) is 36.8 Å². The average Bonchev–Trinajstić information content (AvgIpc) is 3.55. The minimum Gasteiger partial charge on any atom is -0.477 e. The number of rotatable bonds is 7. The van der Waals surface area contributed by atoms with Crippen LogP contribution >= 0.6 is 11.3 Å². The Morgan fingerprint density at radius 1 is 1.26 bits per heavy atom. The number of aromatic nitrogens is 3. The summed E-state index contributed by atoms with van der Waals surface area (Å²) in [6, 6.07) is 13.1. The number of thiazole rings is 1. The molecule has 3 aromatic heterocycles. The molecule has 1 atom stereocenters. The van der Waals surface area contributed by atoms with E-state index < -0.39 is 11.4 Å². The number of benzene rings is 1. The molecule has 1 fully saturated rings. The second kappa shape index (κ2) is 9.65. The predicted octanol–water partition coefficient (Wildman–Crippen LogP) is 2.51. The molecule has 10 nitrogen and oxygen atoms in total. The van der Waals surface area contributed by atoms with Crippen molar-refractivity contribution in [3.8, 4) is 5.13 Å². The Hall–Kier alpha value is -4.09. The molecule has 178 valence electrons. The van der Waals surface area contributed by atoms with Gasteiger partial charge in [-0.05, 0) is 17.7 Å². The fourth-order valence-electron chi connectivity index (χ4n) is 4.02. The van der Waals surface area contributed by atoms with Crippen molar-refractivity contribution in [3.05, 3.63) is 81.6 Å². The van der Waals surface area contributed by atoms with Gasteiger partial charge in [0.2, 0.25) is 5.43 Å². The fraction of sp³-hybridized carbons (Fsp3) is 0.208. The van der Waals surface area contributed by atoms with E-state index in [2.05, 4.69) is 10.1 Å². The molecule has 0 amide bonds. The molecule has 3 N–H and O–H groups in total. The van der Waals surface area contributed by atoms with Crippen LogP contribution in [0.15, 0.2) is 70.2 Å². The third-order valence-electron chi connectivity index (χ3n) is 5.82. The Morgan fingerprint density at radius 3 is 2.80 bits per heavy atom. The molecule has 1 aliphatic rings. The summed E-state index contributed by atoms with van der Waals surface area (Å²) in [6.45, 7) is 1.84. The number of oxime groups is 1. The molecule has 1 aromatic carbocycles. The summed E-state index contributed by atoms with van der Waals surface area (Å²) >= 11 is 1.32. The van der Waals surface area contributed by atoms with Crippen LogP contribution in [-0.2, 0) is 11.4 Å². The molecule has 35 heavy (non-hydrogen) atoms. The van der Waals surface area contributed by atoms with Gasteiger partial charge in [-0.2, -0.15) is 0 Å².